The molecule has 1 saturated heterocycles. The van der Waals surface area contributed by atoms with Gasteiger partial charge >= 0.3 is 5.97 Å². The third kappa shape index (κ3) is 3.68. The number of hydrogen-bond donors (Lipinski definition) is 1. The molecule has 1 aliphatic carbocycles. The van der Waals surface area contributed by atoms with E-state index in [-0.39, 0.29) is 5.97 Å². The number of esters is 1. The van der Waals surface area contributed by atoms with Crippen LogP contribution >= 0.6 is 0 Å². The van der Waals surface area contributed by atoms with E-state index >= 15 is 0 Å². The van der Waals surface area contributed by atoms with E-state index < -0.39 is 5.54 Å². The van der Waals surface area contributed by atoms with Crippen molar-refractivity contribution in [3.8, 4) is 0 Å². The molecule has 5 nitrogen and oxygen atoms in total. The van der Waals surface area contributed by atoms with Crippen molar-refractivity contribution in [2.24, 2.45) is 11.7 Å². The summed E-state index contributed by atoms with van der Waals surface area (Å²) >= 11 is 0. The Hall–Kier alpha value is -0.650. The Morgan fingerprint density at radius 1 is 1.32 bits per heavy atom. The van der Waals surface area contributed by atoms with Gasteiger partial charge in [-0.1, -0.05) is 0 Å². The van der Waals surface area contributed by atoms with Crippen LogP contribution in [0.1, 0.15) is 26.2 Å². The molecule has 1 saturated carbocycles. The van der Waals surface area contributed by atoms with Gasteiger partial charge in [0.25, 0.3) is 0 Å². The van der Waals surface area contributed by atoms with Crippen molar-refractivity contribution in [2.45, 2.75) is 31.7 Å². The van der Waals surface area contributed by atoms with Crippen LogP contribution in [-0.2, 0) is 9.53 Å². The summed E-state index contributed by atoms with van der Waals surface area (Å²) in [6.45, 7) is 7.07. The van der Waals surface area contributed by atoms with Gasteiger partial charge < -0.3 is 15.4 Å². The third-order valence-corrected chi connectivity index (χ3v) is 4.26. The molecule has 0 amide bonds. The molecule has 0 radical (unpaired) electrons. The molecular formula is C14H27N3O2. The predicted molar refractivity (Wildman–Crippen MR) is 74.8 cm³/mol. The zero-order chi connectivity index (χ0) is 13.9. The second-order valence-electron chi connectivity index (χ2n) is 5.97. The normalized spacial score (nSPS) is 25.6. The smallest absolute Gasteiger partial charge is 0.327 e. The summed E-state index contributed by atoms with van der Waals surface area (Å²) in [6, 6.07) is 0. The predicted octanol–water partition coefficient (Wildman–Crippen LogP) is 0.295. The van der Waals surface area contributed by atoms with Crippen LogP contribution in [0.5, 0.6) is 0 Å². The van der Waals surface area contributed by atoms with Gasteiger partial charge in [-0.05, 0) is 52.2 Å². The number of likely N-dealkylation sites (N-methyl/N-ethyl adjacent to an activating group) is 1. The summed E-state index contributed by atoms with van der Waals surface area (Å²) in [5.41, 5.74) is 5.63. The van der Waals surface area contributed by atoms with Crippen LogP contribution in [0.4, 0.5) is 0 Å². The van der Waals surface area contributed by atoms with Gasteiger partial charge in [0, 0.05) is 19.6 Å². The molecule has 0 bridgehead atoms. The average molecular weight is 269 g/mol. The van der Waals surface area contributed by atoms with Crippen LogP contribution in [0, 0.1) is 5.92 Å². The molecule has 1 unspecified atom stereocenters. The zero-order valence-corrected chi connectivity index (χ0v) is 12.2. The highest BCUT2D eigenvalue weighted by molar-refractivity contribution is 5.82. The lowest BCUT2D eigenvalue weighted by molar-refractivity contribution is -0.151. The first-order chi connectivity index (χ1) is 9.06. The second-order valence-corrected chi connectivity index (χ2v) is 5.97. The second kappa shape index (κ2) is 6.20. The standard InChI is InChI=1S/C14H27N3O2/c1-3-19-13(18)14(15,12-5-6-12)11-17-8-4-7-16(2)9-10-17/h12H,3-11,15H2,1-2H3. The highest BCUT2D eigenvalue weighted by Gasteiger charge is 2.50. The number of ether oxygens (including phenoxy) is 1. The van der Waals surface area contributed by atoms with Gasteiger partial charge in [0.15, 0.2) is 0 Å². The van der Waals surface area contributed by atoms with Gasteiger partial charge in [-0.15, -0.1) is 0 Å². The summed E-state index contributed by atoms with van der Waals surface area (Å²) in [4.78, 5) is 16.9. The van der Waals surface area contributed by atoms with Crippen molar-refractivity contribution in [1.82, 2.24) is 9.80 Å². The number of rotatable bonds is 5. The fourth-order valence-corrected chi connectivity index (χ4v) is 2.85. The summed E-state index contributed by atoms with van der Waals surface area (Å²) < 4.78 is 5.20. The van der Waals surface area contributed by atoms with Crippen molar-refractivity contribution >= 4 is 5.97 Å². The molecular weight excluding hydrogens is 242 g/mol. The van der Waals surface area contributed by atoms with Crippen LogP contribution in [0.2, 0.25) is 0 Å². The van der Waals surface area contributed by atoms with Gasteiger partial charge in [0.1, 0.15) is 5.54 Å². The Kier molecular flexibility index (Phi) is 4.81. The molecule has 0 spiro atoms. The maximum Gasteiger partial charge on any atom is 0.327 e. The third-order valence-electron chi connectivity index (χ3n) is 4.26. The number of carbonyl (C=O) groups is 1. The minimum absolute atomic E-state index is 0.213. The lowest BCUT2D eigenvalue weighted by Gasteiger charge is -2.33. The lowest BCUT2D eigenvalue weighted by atomic mass is 9.93. The van der Waals surface area contributed by atoms with Crippen molar-refractivity contribution in [1.29, 1.82) is 0 Å². The molecule has 1 aliphatic heterocycles. The number of hydrogen-bond acceptors (Lipinski definition) is 5. The van der Waals surface area contributed by atoms with E-state index in [2.05, 4.69) is 16.8 Å². The maximum absolute atomic E-state index is 12.2. The van der Waals surface area contributed by atoms with E-state index in [9.17, 15) is 4.79 Å². The maximum atomic E-state index is 12.2. The van der Waals surface area contributed by atoms with E-state index in [1.54, 1.807) is 0 Å². The van der Waals surface area contributed by atoms with Gasteiger partial charge in [0.05, 0.1) is 6.61 Å². The van der Waals surface area contributed by atoms with Crippen molar-refractivity contribution in [2.75, 3.05) is 46.4 Å². The number of nitrogens with two attached hydrogens (primary N) is 1. The van der Waals surface area contributed by atoms with E-state index in [4.69, 9.17) is 10.5 Å². The van der Waals surface area contributed by atoms with Crippen LogP contribution in [0.25, 0.3) is 0 Å². The lowest BCUT2D eigenvalue weighted by Crippen LogP contribution is -2.59. The van der Waals surface area contributed by atoms with E-state index in [0.29, 0.717) is 19.1 Å². The van der Waals surface area contributed by atoms with Crippen molar-refractivity contribution in [3.63, 3.8) is 0 Å². The summed E-state index contributed by atoms with van der Waals surface area (Å²) in [7, 11) is 2.14. The molecule has 1 atom stereocenters. The summed E-state index contributed by atoms with van der Waals surface area (Å²) in [5, 5.41) is 0. The highest BCUT2D eigenvalue weighted by atomic mass is 16.5. The first-order valence-electron chi connectivity index (χ1n) is 7.43. The van der Waals surface area contributed by atoms with Gasteiger partial charge in [-0.25, -0.2) is 4.79 Å². The van der Waals surface area contributed by atoms with Crippen molar-refractivity contribution in [3.05, 3.63) is 0 Å². The molecule has 2 fully saturated rings. The van der Waals surface area contributed by atoms with Crippen LogP contribution in [0.15, 0.2) is 0 Å². The molecule has 5 heteroatoms. The Labute approximate surface area is 116 Å². The average Bonchev–Trinajstić information content (AvgIpc) is 3.19. The SMILES string of the molecule is CCOC(=O)C(N)(CN1CCCN(C)CC1)C1CC1. The van der Waals surface area contributed by atoms with Gasteiger partial charge in [-0.2, -0.15) is 0 Å². The topological polar surface area (TPSA) is 58.8 Å². The molecule has 2 N–H and O–H groups in total. The quantitative estimate of drug-likeness (QED) is 0.727. The Bertz CT molecular complexity index is 320. The first kappa shape index (κ1) is 14.8. The Morgan fingerprint density at radius 2 is 2.05 bits per heavy atom. The van der Waals surface area contributed by atoms with Crippen LogP contribution < -0.4 is 5.73 Å². The zero-order valence-electron chi connectivity index (χ0n) is 12.2. The summed E-state index contributed by atoms with van der Waals surface area (Å²) in [5.74, 6) is 0.0997. The first-order valence-corrected chi connectivity index (χ1v) is 7.43. The van der Waals surface area contributed by atoms with Crippen LogP contribution in [0.3, 0.4) is 0 Å². The van der Waals surface area contributed by atoms with Crippen molar-refractivity contribution < 1.29 is 9.53 Å². The molecule has 1 heterocycles. The van der Waals surface area contributed by atoms with Crippen LogP contribution in [-0.4, -0.2) is 67.7 Å². The highest BCUT2D eigenvalue weighted by Crippen LogP contribution is 2.39. The monoisotopic (exact) mass is 269 g/mol. The fraction of sp³-hybridized carbons (Fsp3) is 0.929. The minimum atomic E-state index is -0.793. The van der Waals surface area contributed by atoms with Gasteiger partial charge in [-0.3, -0.25) is 4.90 Å². The fourth-order valence-electron chi connectivity index (χ4n) is 2.85. The molecule has 0 aromatic rings. The molecule has 19 heavy (non-hydrogen) atoms. The molecule has 2 aliphatic rings. The van der Waals surface area contributed by atoms with E-state index in [1.807, 2.05) is 6.92 Å². The van der Waals surface area contributed by atoms with E-state index in [1.165, 1.54) is 0 Å². The number of nitrogens with zero attached hydrogens (tertiary/aromatic N) is 2. The molecule has 2 rings (SSSR count). The Morgan fingerprint density at radius 3 is 2.68 bits per heavy atom. The van der Waals surface area contributed by atoms with E-state index in [0.717, 1.165) is 45.4 Å². The Balaban J connectivity index is 1.97. The summed E-state index contributed by atoms with van der Waals surface area (Å²) in [6.07, 6.45) is 3.26. The molecule has 0 aromatic carbocycles. The number of carbonyl (C=O) groups excluding carboxylic acids is 1. The van der Waals surface area contributed by atoms with Gasteiger partial charge in [0.2, 0.25) is 0 Å². The largest absolute Gasteiger partial charge is 0.465 e. The molecule has 0 aromatic heterocycles. The molecule has 110 valence electrons. The minimum Gasteiger partial charge on any atom is -0.465 e.